The van der Waals surface area contributed by atoms with Crippen LogP contribution in [-0.4, -0.2) is 100 Å². The predicted octanol–water partition coefficient (Wildman–Crippen LogP) is 5.73. The van der Waals surface area contributed by atoms with Crippen LogP contribution in [0.5, 0.6) is 0 Å². The van der Waals surface area contributed by atoms with E-state index in [0.717, 1.165) is 25.7 Å². The Morgan fingerprint density at radius 1 is 0.479 bits per heavy atom. The largest absolute Gasteiger partial charge is 0.480 e. The summed E-state index contributed by atoms with van der Waals surface area (Å²) in [5.41, 5.74) is -0.380. The number of esters is 1. The second-order valence-electron chi connectivity index (χ2n) is 13.2. The molecule has 0 heterocycles. The molecule has 2 amide bonds. The van der Waals surface area contributed by atoms with Crippen molar-refractivity contribution in [1.29, 1.82) is 0 Å². The fraction of sp³-hybridized carbons (Fsp3) is 0.889. The van der Waals surface area contributed by atoms with Crippen molar-refractivity contribution in [3.8, 4) is 0 Å². The van der Waals surface area contributed by atoms with Gasteiger partial charge in [-0.15, -0.1) is 0 Å². The van der Waals surface area contributed by atoms with Crippen molar-refractivity contribution < 1.29 is 48.0 Å². The van der Waals surface area contributed by atoms with E-state index in [4.69, 9.17) is 28.8 Å². The Hall–Kier alpha value is -2.28. The molecule has 0 aliphatic heterocycles. The molecule has 0 spiro atoms. The highest BCUT2D eigenvalue weighted by atomic mass is 16.6. The second kappa shape index (κ2) is 33.2. The number of unbranched alkanes of at least 4 members (excludes halogenated alkanes) is 15. The van der Waals surface area contributed by atoms with E-state index in [-0.39, 0.29) is 56.4 Å². The average Bonchev–Trinajstić information content (AvgIpc) is 3.02. The third kappa shape index (κ3) is 38.2. The molecule has 0 atom stereocenters. The Kier molecular flexibility index (Phi) is 31.6. The summed E-state index contributed by atoms with van der Waals surface area (Å²) in [5, 5.41) is 14.0. The zero-order valence-corrected chi connectivity index (χ0v) is 30.4. The Morgan fingerprint density at radius 3 is 1.29 bits per heavy atom. The van der Waals surface area contributed by atoms with E-state index >= 15 is 0 Å². The highest BCUT2D eigenvalue weighted by Crippen LogP contribution is 2.15. The zero-order chi connectivity index (χ0) is 35.6. The molecule has 0 rings (SSSR count). The molecule has 0 bridgehead atoms. The van der Waals surface area contributed by atoms with Gasteiger partial charge in [-0.1, -0.05) is 89.9 Å². The van der Waals surface area contributed by atoms with Crippen LogP contribution in [0.2, 0.25) is 0 Å². The SMILES string of the molecule is CC(C)(C)OC(=O)CCCCCCCCCCCCCCCCCCC(=O)NCCOCCOCC(=O)NCCOCCOCC(=O)O. The summed E-state index contributed by atoms with van der Waals surface area (Å²) in [6.45, 7) is 7.82. The summed E-state index contributed by atoms with van der Waals surface area (Å²) >= 11 is 0. The standard InChI is InChI=1S/C36H68N2O10/c1-36(2,3)48-35(43)21-19-17-15-13-11-9-7-5-4-6-8-10-12-14-16-18-20-32(39)37-22-24-44-26-28-46-30-33(40)38-23-25-45-27-29-47-31-34(41)42/h4-31H2,1-3H3,(H,37,39)(H,38,40)(H,41,42). The van der Waals surface area contributed by atoms with Gasteiger partial charge in [-0.25, -0.2) is 4.79 Å². The maximum atomic E-state index is 12.0. The molecule has 0 saturated heterocycles. The fourth-order valence-corrected chi connectivity index (χ4v) is 4.85. The molecule has 12 heteroatoms. The fourth-order valence-electron chi connectivity index (χ4n) is 4.85. The highest BCUT2D eigenvalue weighted by Gasteiger charge is 2.15. The molecule has 0 aliphatic rings. The highest BCUT2D eigenvalue weighted by molar-refractivity contribution is 5.77. The van der Waals surface area contributed by atoms with Crippen LogP contribution in [0.1, 0.15) is 136 Å². The summed E-state index contributed by atoms with van der Waals surface area (Å²) in [6, 6.07) is 0. The van der Waals surface area contributed by atoms with Gasteiger partial charge < -0.3 is 39.4 Å². The predicted molar refractivity (Wildman–Crippen MR) is 186 cm³/mol. The van der Waals surface area contributed by atoms with Crippen molar-refractivity contribution >= 4 is 23.8 Å². The molecule has 0 radical (unpaired) electrons. The zero-order valence-electron chi connectivity index (χ0n) is 30.4. The third-order valence-corrected chi connectivity index (χ3v) is 7.29. The summed E-state index contributed by atoms with van der Waals surface area (Å²) in [7, 11) is 0. The first kappa shape index (κ1) is 45.7. The molecule has 0 unspecified atom stereocenters. The van der Waals surface area contributed by atoms with Crippen LogP contribution in [0.15, 0.2) is 0 Å². The van der Waals surface area contributed by atoms with Crippen molar-refractivity contribution in [2.75, 3.05) is 65.9 Å². The van der Waals surface area contributed by atoms with Crippen LogP contribution in [0.3, 0.4) is 0 Å². The van der Waals surface area contributed by atoms with Crippen LogP contribution in [0, 0.1) is 0 Å². The number of carbonyl (C=O) groups is 4. The number of aliphatic carboxylic acids is 1. The van der Waals surface area contributed by atoms with Gasteiger partial charge in [0.2, 0.25) is 11.8 Å². The van der Waals surface area contributed by atoms with E-state index < -0.39 is 5.97 Å². The number of carboxylic acids is 1. The van der Waals surface area contributed by atoms with Gasteiger partial charge in [0.05, 0.1) is 39.6 Å². The van der Waals surface area contributed by atoms with Gasteiger partial charge in [0.1, 0.15) is 18.8 Å². The summed E-state index contributed by atoms with van der Waals surface area (Å²) in [4.78, 5) is 45.7. The van der Waals surface area contributed by atoms with Gasteiger partial charge in [0.15, 0.2) is 0 Å². The van der Waals surface area contributed by atoms with Gasteiger partial charge in [-0.05, 0) is 33.6 Å². The average molecular weight is 689 g/mol. The van der Waals surface area contributed by atoms with Crippen molar-refractivity contribution in [2.24, 2.45) is 0 Å². The first-order valence-electron chi connectivity index (χ1n) is 18.4. The molecular weight excluding hydrogens is 620 g/mol. The second-order valence-corrected chi connectivity index (χ2v) is 13.2. The van der Waals surface area contributed by atoms with E-state index in [1.807, 2.05) is 20.8 Å². The molecule has 12 nitrogen and oxygen atoms in total. The van der Waals surface area contributed by atoms with Gasteiger partial charge in [0, 0.05) is 25.9 Å². The van der Waals surface area contributed by atoms with Gasteiger partial charge in [0.25, 0.3) is 0 Å². The number of hydrogen-bond acceptors (Lipinski definition) is 9. The molecule has 0 aromatic heterocycles. The lowest BCUT2D eigenvalue weighted by Gasteiger charge is -2.19. The van der Waals surface area contributed by atoms with Crippen molar-refractivity contribution in [3.05, 3.63) is 0 Å². The minimum absolute atomic E-state index is 0.0569. The normalized spacial score (nSPS) is 11.4. The maximum Gasteiger partial charge on any atom is 0.329 e. The molecule has 282 valence electrons. The molecule has 0 fully saturated rings. The lowest BCUT2D eigenvalue weighted by atomic mass is 10.0. The lowest BCUT2D eigenvalue weighted by Crippen LogP contribution is -2.31. The molecule has 3 N–H and O–H groups in total. The van der Waals surface area contributed by atoms with Crippen LogP contribution in [0.4, 0.5) is 0 Å². The van der Waals surface area contributed by atoms with Gasteiger partial charge >= 0.3 is 11.9 Å². The Morgan fingerprint density at radius 2 is 0.854 bits per heavy atom. The van der Waals surface area contributed by atoms with E-state index in [0.29, 0.717) is 45.8 Å². The molecule has 0 aliphatic carbocycles. The van der Waals surface area contributed by atoms with E-state index in [2.05, 4.69) is 10.6 Å². The maximum absolute atomic E-state index is 12.0. The number of amides is 2. The Bertz CT molecular complexity index is 804. The van der Waals surface area contributed by atoms with Crippen LogP contribution >= 0.6 is 0 Å². The van der Waals surface area contributed by atoms with Crippen LogP contribution in [-0.2, 0) is 42.9 Å². The quantitative estimate of drug-likeness (QED) is 0.0554. The molecular formula is C36H68N2O10. The Balaban J connectivity index is 3.28. The first-order chi connectivity index (χ1) is 23.1. The van der Waals surface area contributed by atoms with Crippen molar-refractivity contribution in [1.82, 2.24) is 10.6 Å². The summed E-state index contributed by atoms with van der Waals surface area (Å²) in [5.74, 6) is -1.31. The van der Waals surface area contributed by atoms with Crippen molar-refractivity contribution in [2.45, 2.75) is 142 Å². The number of carbonyl (C=O) groups excluding carboxylic acids is 3. The molecule has 48 heavy (non-hydrogen) atoms. The molecule has 0 aromatic carbocycles. The Labute approximate surface area is 290 Å². The topological polar surface area (TPSA) is 159 Å². The van der Waals surface area contributed by atoms with Gasteiger partial charge in [-0.3, -0.25) is 14.4 Å². The molecule has 0 aromatic rings. The number of ether oxygens (including phenoxy) is 5. The third-order valence-electron chi connectivity index (χ3n) is 7.29. The summed E-state index contributed by atoms with van der Waals surface area (Å²) < 4.78 is 26.1. The van der Waals surface area contributed by atoms with E-state index in [1.54, 1.807) is 0 Å². The number of carboxylic acid groups (broad SMARTS) is 1. The summed E-state index contributed by atoms with van der Waals surface area (Å²) in [6.07, 6.45) is 20.6. The number of hydrogen-bond donors (Lipinski definition) is 3. The first-order valence-corrected chi connectivity index (χ1v) is 18.4. The van der Waals surface area contributed by atoms with Gasteiger partial charge in [-0.2, -0.15) is 0 Å². The molecule has 0 saturated carbocycles. The van der Waals surface area contributed by atoms with Crippen LogP contribution < -0.4 is 10.6 Å². The van der Waals surface area contributed by atoms with Crippen LogP contribution in [0.25, 0.3) is 0 Å². The van der Waals surface area contributed by atoms with E-state index in [9.17, 15) is 19.2 Å². The minimum Gasteiger partial charge on any atom is -0.480 e. The minimum atomic E-state index is -1.03. The lowest BCUT2D eigenvalue weighted by molar-refractivity contribution is -0.155. The number of rotatable bonds is 35. The van der Waals surface area contributed by atoms with Crippen molar-refractivity contribution in [3.63, 3.8) is 0 Å². The monoisotopic (exact) mass is 688 g/mol. The number of nitrogens with one attached hydrogen (secondary N) is 2. The smallest absolute Gasteiger partial charge is 0.329 e. The van der Waals surface area contributed by atoms with E-state index in [1.165, 1.54) is 77.0 Å².